The molecule has 0 radical (unpaired) electrons. The van der Waals surface area contributed by atoms with Gasteiger partial charge in [0.2, 0.25) is 11.7 Å². The molecule has 1 amide bonds. The number of halogens is 4. The number of aryl methyl sites for hydroxylation is 1. The molecule has 0 spiro atoms. The summed E-state index contributed by atoms with van der Waals surface area (Å²) in [6.45, 7) is 1.85. The number of carbonyl (C=O) groups excluding carboxylic acids is 1. The Kier molecular flexibility index (Phi) is 5.65. The van der Waals surface area contributed by atoms with Crippen LogP contribution in [0.15, 0.2) is 28.2 Å². The minimum Gasteiger partial charge on any atom is -0.491 e. The van der Waals surface area contributed by atoms with Gasteiger partial charge in [-0.1, -0.05) is 5.16 Å². The van der Waals surface area contributed by atoms with Crippen LogP contribution in [0.3, 0.4) is 0 Å². The molecule has 7 nitrogen and oxygen atoms in total. The smallest absolute Gasteiger partial charge is 0.471 e. The van der Waals surface area contributed by atoms with Crippen molar-refractivity contribution in [2.24, 2.45) is 0 Å². The highest BCUT2D eigenvalue weighted by Crippen LogP contribution is 2.34. The van der Waals surface area contributed by atoms with E-state index in [4.69, 9.17) is 4.74 Å². The van der Waals surface area contributed by atoms with Gasteiger partial charge in [0.25, 0.3) is 0 Å². The SMILES string of the molecule is C[C@@H]1COc2cc(-c3noc(C(F)(F)F)n3)cc(F)c2CN1C(=O)CCc1nccs1. The number of aromatic nitrogens is 3. The Labute approximate surface area is 177 Å². The number of fused-ring (bicyclic) bond motifs is 1. The van der Waals surface area contributed by atoms with E-state index in [1.807, 2.05) is 5.38 Å². The Bertz CT molecular complexity index is 1080. The lowest BCUT2D eigenvalue weighted by Crippen LogP contribution is -2.40. The molecular formula is C19H16F4N4O3S. The standard InChI is InChI=1S/C19H16F4N4O3S/c1-10-9-29-14-7-11(17-25-18(30-26-17)19(21,22)23)6-13(20)12(14)8-27(10)16(28)3-2-15-24-4-5-31-15/h4-7,10H,2-3,8-9H2,1H3/t10-/m1/s1. The average Bonchev–Trinajstić information content (AvgIpc) is 3.38. The molecule has 0 saturated heterocycles. The first-order chi connectivity index (χ1) is 14.7. The lowest BCUT2D eigenvalue weighted by atomic mass is 10.1. The molecule has 1 atom stereocenters. The molecule has 0 bridgehead atoms. The molecule has 12 heteroatoms. The molecule has 2 aromatic heterocycles. The van der Waals surface area contributed by atoms with Crippen molar-refractivity contribution in [3.8, 4) is 17.1 Å². The number of rotatable bonds is 4. The molecule has 1 aromatic carbocycles. The molecule has 0 aliphatic carbocycles. The molecule has 0 fully saturated rings. The maximum absolute atomic E-state index is 14.9. The topological polar surface area (TPSA) is 81.4 Å². The van der Waals surface area contributed by atoms with E-state index < -0.39 is 23.7 Å². The number of hydrogen-bond donors (Lipinski definition) is 0. The molecule has 0 saturated carbocycles. The lowest BCUT2D eigenvalue weighted by Gasteiger charge is -2.26. The highest BCUT2D eigenvalue weighted by molar-refractivity contribution is 7.09. The second kappa shape index (κ2) is 8.25. The second-order valence-electron chi connectivity index (χ2n) is 6.96. The normalized spacial score (nSPS) is 16.5. The third kappa shape index (κ3) is 4.53. The second-order valence-corrected chi connectivity index (χ2v) is 7.94. The van der Waals surface area contributed by atoms with Gasteiger partial charge in [-0.2, -0.15) is 18.2 Å². The monoisotopic (exact) mass is 456 g/mol. The van der Waals surface area contributed by atoms with E-state index in [2.05, 4.69) is 19.6 Å². The number of alkyl halides is 3. The summed E-state index contributed by atoms with van der Waals surface area (Å²) in [5, 5.41) is 5.94. The van der Waals surface area contributed by atoms with E-state index in [0.717, 1.165) is 11.1 Å². The zero-order chi connectivity index (χ0) is 22.2. The fraction of sp³-hybridized carbons (Fsp3) is 0.368. The Morgan fingerprint density at radius 3 is 2.84 bits per heavy atom. The molecule has 0 N–H and O–H groups in total. The van der Waals surface area contributed by atoms with E-state index in [1.54, 1.807) is 13.1 Å². The summed E-state index contributed by atoms with van der Waals surface area (Å²) >= 11 is 1.45. The fourth-order valence-corrected chi connectivity index (χ4v) is 3.79. The largest absolute Gasteiger partial charge is 0.491 e. The van der Waals surface area contributed by atoms with Crippen molar-refractivity contribution in [2.75, 3.05) is 6.61 Å². The van der Waals surface area contributed by atoms with Gasteiger partial charge < -0.3 is 14.2 Å². The molecule has 164 valence electrons. The Morgan fingerprint density at radius 2 is 2.16 bits per heavy atom. The third-order valence-electron chi connectivity index (χ3n) is 4.78. The van der Waals surface area contributed by atoms with Crippen LogP contribution < -0.4 is 4.74 Å². The summed E-state index contributed by atoms with van der Waals surface area (Å²) in [5.41, 5.74) is 0.113. The summed E-state index contributed by atoms with van der Waals surface area (Å²) in [7, 11) is 0. The summed E-state index contributed by atoms with van der Waals surface area (Å²) in [4.78, 5) is 21.7. The number of nitrogens with zero attached hydrogens (tertiary/aromatic N) is 4. The molecule has 3 aromatic rings. The molecule has 3 heterocycles. The number of amides is 1. The van der Waals surface area contributed by atoms with Crippen molar-refractivity contribution >= 4 is 17.2 Å². The van der Waals surface area contributed by atoms with E-state index in [0.29, 0.717) is 6.42 Å². The number of hydrogen-bond acceptors (Lipinski definition) is 7. The first kappa shape index (κ1) is 21.2. The number of carbonyl (C=O) groups is 1. The predicted molar refractivity (Wildman–Crippen MR) is 101 cm³/mol. The van der Waals surface area contributed by atoms with Crippen LogP contribution in [0.25, 0.3) is 11.4 Å². The van der Waals surface area contributed by atoms with Gasteiger partial charge in [0.15, 0.2) is 0 Å². The highest BCUT2D eigenvalue weighted by Gasteiger charge is 2.38. The molecule has 1 aliphatic heterocycles. The summed E-state index contributed by atoms with van der Waals surface area (Å²) < 4.78 is 62.8. The Morgan fingerprint density at radius 1 is 1.35 bits per heavy atom. The van der Waals surface area contributed by atoms with Crippen molar-refractivity contribution in [2.45, 2.75) is 38.5 Å². The highest BCUT2D eigenvalue weighted by atomic mass is 32.1. The average molecular weight is 456 g/mol. The van der Waals surface area contributed by atoms with Crippen LogP contribution >= 0.6 is 11.3 Å². The lowest BCUT2D eigenvalue weighted by molar-refractivity contribution is -0.159. The van der Waals surface area contributed by atoms with Crippen LogP contribution in [0.1, 0.15) is 29.8 Å². The van der Waals surface area contributed by atoms with Crippen molar-refractivity contribution in [1.29, 1.82) is 0 Å². The quantitative estimate of drug-likeness (QED) is 0.550. The van der Waals surface area contributed by atoms with Crippen LogP contribution in [0.5, 0.6) is 5.75 Å². The molecule has 1 aliphatic rings. The van der Waals surface area contributed by atoms with E-state index >= 15 is 0 Å². The predicted octanol–water partition coefficient (Wildman–Crippen LogP) is 4.09. The maximum atomic E-state index is 14.9. The summed E-state index contributed by atoms with van der Waals surface area (Å²) in [6.07, 6.45) is -2.44. The van der Waals surface area contributed by atoms with E-state index in [1.165, 1.54) is 22.3 Å². The van der Waals surface area contributed by atoms with Gasteiger partial charge in [-0.05, 0) is 19.1 Å². The Hall–Kier alpha value is -3.02. The van der Waals surface area contributed by atoms with Crippen LogP contribution in [0.4, 0.5) is 17.6 Å². The van der Waals surface area contributed by atoms with Crippen LogP contribution in [-0.4, -0.2) is 38.6 Å². The van der Waals surface area contributed by atoms with Gasteiger partial charge in [0.05, 0.1) is 17.6 Å². The van der Waals surface area contributed by atoms with Crippen LogP contribution in [0, 0.1) is 5.82 Å². The zero-order valence-electron chi connectivity index (χ0n) is 16.1. The van der Waals surface area contributed by atoms with Gasteiger partial charge in [-0.3, -0.25) is 4.79 Å². The zero-order valence-corrected chi connectivity index (χ0v) is 17.0. The van der Waals surface area contributed by atoms with Crippen molar-refractivity contribution in [3.05, 3.63) is 46.0 Å². The first-order valence-electron chi connectivity index (χ1n) is 9.26. The van der Waals surface area contributed by atoms with Gasteiger partial charge >= 0.3 is 12.1 Å². The Balaban J connectivity index is 1.57. The molecule has 0 unspecified atom stereocenters. The fourth-order valence-electron chi connectivity index (χ4n) is 3.17. The third-order valence-corrected chi connectivity index (χ3v) is 5.62. The summed E-state index contributed by atoms with van der Waals surface area (Å²) in [5.74, 6) is -2.72. The van der Waals surface area contributed by atoms with Gasteiger partial charge in [-0.15, -0.1) is 11.3 Å². The number of thiazole rings is 1. The van der Waals surface area contributed by atoms with E-state index in [9.17, 15) is 22.4 Å². The van der Waals surface area contributed by atoms with Gasteiger partial charge in [0, 0.05) is 35.5 Å². The van der Waals surface area contributed by atoms with Crippen LogP contribution in [-0.2, 0) is 23.9 Å². The number of benzene rings is 1. The van der Waals surface area contributed by atoms with Gasteiger partial charge in [-0.25, -0.2) is 9.37 Å². The van der Waals surface area contributed by atoms with E-state index in [-0.39, 0.29) is 48.4 Å². The summed E-state index contributed by atoms with van der Waals surface area (Å²) in [6, 6.07) is 2.02. The van der Waals surface area contributed by atoms with Crippen molar-refractivity contribution in [3.63, 3.8) is 0 Å². The minimum absolute atomic E-state index is 0.0216. The van der Waals surface area contributed by atoms with Crippen molar-refractivity contribution in [1.82, 2.24) is 20.0 Å². The molecule has 31 heavy (non-hydrogen) atoms. The molecule has 4 rings (SSSR count). The maximum Gasteiger partial charge on any atom is 0.471 e. The molecular weight excluding hydrogens is 440 g/mol. The number of ether oxygens (including phenoxy) is 1. The minimum atomic E-state index is -4.80. The van der Waals surface area contributed by atoms with Gasteiger partial charge in [0.1, 0.15) is 18.2 Å². The van der Waals surface area contributed by atoms with Crippen molar-refractivity contribution < 1.29 is 31.6 Å². The van der Waals surface area contributed by atoms with Crippen LogP contribution in [0.2, 0.25) is 0 Å². The first-order valence-corrected chi connectivity index (χ1v) is 10.1.